The lowest BCUT2D eigenvalue weighted by Crippen LogP contribution is -2.44. The van der Waals surface area contributed by atoms with Crippen molar-refractivity contribution in [2.75, 3.05) is 39.7 Å². The van der Waals surface area contributed by atoms with Crippen molar-refractivity contribution in [3.63, 3.8) is 0 Å². The summed E-state index contributed by atoms with van der Waals surface area (Å²) in [7, 11) is -0.370. The predicted octanol–water partition coefficient (Wildman–Crippen LogP) is 1.86. The molecule has 0 aromatic rings. The molecule has 10 heteroatoms. The number of carbonyl (C=O) groups is 1. The summed E-state index contributed by atoms with van der Waals surface area (Å²) in [6.07, 6.45) is 2.69. The minimum absolute atomic E-state index is 0.0993. The maximum absolute atomic E-state index is 11.6. The molecule has 0 radical (unpaired) electrons. The Labute approximate surface area is 143 Å². The van der Waals surface area contributed by atoms with Crippen LogP contribution in [0.25, 0.3) is 0 Å². The Bertz CT molecular complexity index is 519. The van der Waals surface area contributed by atoms with E-state index >= 15 is 0 Å². The molecular formula is C14H28N3O6S+. The molecule has 24 heavy (non-hydrogen) atoms. The van der Waals surface area contributed by atoms with Crippen molar-refractivity contribution in [3.05, 3.63) is 17.2 Å². The van der Waals surface area contributed by atoms with Crippen molar-refractivity contribution in [2.45, 2.75) is 32.1 Å². The van der Waals surface area contributed by atoms with Gasteiger partial charge < -0.3 is 10.1 Å². The zero-order chi connectivity index (χ0) is 18.6. The highest BCUT2D eigenvalue weighted by Gasteiger charge is 2.18. The molecule has 0 atom stereocenters. The summed E-state index contributed by atoms with van der Waals surface area (Å²) in [4.78, 5) is 21.7. The molecule has 9 nitrogen and oxygen atoms in total. The topological polar surface area (TPSA) is 122 Å². The van der Waals surface area contributed by atoms with E-state index in [1.54, 1.807) is 14.1 Å². The molecule has 0 bridgehead atoms. The fraction of sp³-hybridized carbons (Fsp3) is 0.786. The van der Waals surface area contributed by atoms with Gasteiger partial charge in [-0.3, -0.25) is 9.04 Å². The highest BCUT2D eigenvalue weighted by molar-refractivity contribution is 7.85. The minimum Gasteiger partial charge on any atom is -0.399 e. The number of nitrogens with zero attached hydrogens (tertiary/aromatic N) is 2. The summed E-state index contributed by atoms with van der Waals surface area (Å²) in [6.45, 7) is 4.50. The highest BCUT2D eigenvalue weighted by Crippen LogP contribution is 2.07. The Kier molecular flexibility index (Phi) is 10.4. The van der Waals surface area contributed by atoms with Crippen molar-refractivity contribution >= 4 is 16.2 Å². The molecule has 0 aliphatic rings. The van der Waals surface area contributed by atoms with E-state index in [1.807, 2.05) is 0 Å². The molecule has 0 saturated heterocycles. The van der Waals surface area contributed by atoms with E-state index in [0.29, 0.717) is 29.7 Å². The number of nitrogens with one attached hydrogen (secondary N) is 1. The van der Waals surface area contributed by atoms with E-state index < -0.39 is 16.2 Å². The van der Waals surface area contributed by atoms with E-state index in [9.17, 15) is 18.1 Å². The molecule has 0 spiro atoms. The van der Waals surface area contributed by atoms with Gasteiger partial charge in [0.05, 0.1) is 32.1 Å². The summed E-state index contributed by atoms with van der Waals surface area (Å²) in [5.74, 6) is -0.313. The van der Waals surface area contributed by atoms with Crippen LogP contribution in [-0.4, -0.2) is 63.2 Å². The lowest BCUT2D eigenvalue weighted by atomic mass is 10.1. The van der Waals surface area contributed by atoms with Crippen LogP contribution in [0, 0.1) is 4.91 Å². The van der Waals surface area contributed by atoms with E-state index in [-0.39, 0.29) is 18.9 Å². The summed E-state index contributed by atoms with van der Waals surface area (Å²) in [6, 6.07) is 0. The molecule has 140 valence electrons. The maximum Gasteiger partial charge on any atom is 0.411 e. The van der Waals surface area contributed by atoms with Gasteiger partial charge >= 0.3 is 6.09 Å². The number of unbranched alkanes of at least 4 members (excludes halogenated alkanes) is 2. The van der Waals surface area contributed by atoms with Crippen LogP contribution in [0.1, 0.15) is 32.1 Å². The SMILES string of the molecule is C=C(CCCCCNC(=O)OC[N+](C)(C)CCCS(=O)(=O)O)N=O. The normalized spacial score (nSPS) is 11.8. The van der Waals surface area contributed by atoms with Crippen molar-refractivity contribution in [2.24, 2.45) is 5.18 Å². The Morgan fingerprint density at radius 1 is 1.25 bits per heavy atom. The number of quaternary nitrogens is 1. The van der Waals surface area contributed by atoms with Crippen molar-refractivity contribution < 1.29 is 27.0 Å². The maximum atomic E-state index is 11.6. The van der Waals surface area contributed by atoms with Gasteiger partial charge in [-0.1, -0.05) is 13.0 Å². The third-order valence-corrected chi connectivity index (χ3v) is 4.06. The third-order valence-electron chi connectivity index (χ3n) is 3.25. The van der Waals surface area contributed by atoms with Crippen LogP contribution in [0.4, 0.5) is 4.79 Å². The summed E-state index contributed by atoms with van der Waals surface area (Å²) < 4.78 is 35.4. The number of allylic oxidation sites excluding steroid dienone is 1. The van der Waals surface area contributed by atoms with Gasteiger partial charge in [0.25, 0.3) is 10.1 Å². The first kappa shape index (κ1) is 22.5. The summed E-state index contributed by atoms with van der Waals surface area (Å²) >= 11 is 0. The molecule has 0 aromatic heterocycles. The van der Waals surface area contributed by atoms with Gasteiger partial charge in [-0.15, -0.1) is 4.91 Å². The fourth-order valence-corrected chi connectivity index (χ4v) is 2.38. The molecule has 2 N–H and O–H groups in total. The smallest absolute Gasteiger partial charge is 0.399 e. The molecule has 0 aliphatic heterocycles. The Hall–Kier alpha value is -1.52. The standard InChI is InChI=1S/C14H27N3O6S/c1-13(16-19)8-5-4-6-9-15-14(18)23-12-17(2,3)10-7-11-24(20,21)22/h1,4-12H2,2-3H3,(H-,15,18,20,21,22)/p+1. The van der Waals surface area contributed by atoms with Crippen LogP contribution in [0.15, 0.2) is 17.5 Å². The number of hydrogen-bond acceptors (Lipinski definition) is 6. The van der Waals surface area contributed by atoms with Crippen LogP contribution >= 0.6 is 0 Å². The zero-order valence-electron chi connectivity index (χ0n) is 14.4. The first-order valence-corrected chi connectivity index (χ1v) is 9.35. The van der Waals surface area contributed by atoms with Crippen molar-refractivity contribution in [1.29, 1.82) is 0 Å². The third kappa shape index (κ3) is 14.1. The van der Waals surface area contributed by atoms with Gasteiger partial charge in [-0.2, -0.15) is 8.42 Å². The molecule has 0 aromatic carbocycles. The minimum atomic E-state index is -3.96. The van der Waals surface area contributed by atoms with Gasteiger partial charge in [0, 0.05) is 13.0 Å². The van der Waals surface area contributed by atoms with Crippen LogP contribution < -0.4 is 5.32 Å². The van der Waals surface area contributed by atoms with E-state index in [1.165, 1.54) is 0 Å². The van der Waals surface area contributed by atoms with Crippen molar-refractivity contribution in [3.8, 4) is 0 Å². The number of carbonyl (C=O) groups excluding carboxylic acids is 1. The van der Waals surface area contributed by atoms with Gasteiger partial charge in [0.2, 0.25) is 6.73 Å². The average molecular weight is 366 g/mol. The number of rotatable bonds is 13. The zero-order valence-corrected chi connectivity index (χ0v) is 15.2. The quantitative estimate of drug-likeness (QED) is 0.169. The second-order valence-corrected chi connectivity index (χ2v) is 7.83. The number of nitroso groups, excluding NO2 is 1. The second kappa shape index (κ2) is 11.1. The second-order valence-electron chi connectivity index (χ2n) is 6.25. The predicted molar refractivity (Wildman–Crippen MR) is 90.8 cm³/mol. The molecule has 0 unspecified atom stereocenters. The first-order chi connectivity index (χ1) is 11.1. The first-order valence-electron chi connectivity index (χ1n) is 7.75. The van der Waals surface area contributed by atoms with Gasteiger partial charge in [0.1, 0.15) is 0 Å². The Balaban J connectivity index is 3.76. The molecule has 0 heterocycles. The monoisotopic (exact) mass is 366 g/mol. The van der Waals surface area contributed by atoms with Crippen LogP contribution in [0.2, 0.25) is 0 Å². The molecule has 0 fully saturated rings. The van der Waals surface area contributed by atoms with Crippen LogP contribution in [-0.2, 0) is 14.9 Å². The van der Waals surface area contributed by atoms with Gasteiger partial charge in [-0.05, 0) is 24.4 Å². The molecule has 0 saturated carbocycles. The summed E-state index contributed by atoms with van der Waals surface area (Å²) in [5.41, 5.74) is 0.330. The van der Waals surface area contributed by atoms with E-state index in [2.05, 4.69) is 17.1 Å². The van der Waals surface area contributed by atoms with Gasteiger partial charge in [-0.25, -0.2) is 4.79 Å². The Morgan fingerprint density at radius 3 is 2.50 bits per heavy atom. The largest absolute Gasteiger partial charge is 0.411 e. The lowest BCUT2D eigenvalue weighted by molar-refractivity contribution is -0.907. The number of ether oxygens (including phenoxy) is 1. The average Bonchev–Trinajstić information content (AvgIpc) is 2.46. The van der Waals surface area contributed by atoms with E-state index in [0.717, 1.165) is 19.3 Å². The number of alkyl carbamates (subject to hydrolysis) is 1. The number of amides is 1. The van der Waals surface area contributed by atoms with Crippen LogP contribution in [0.3, 0.4) is 0 Å². The highest BCUT2D eigenvalue weighted by atomic mass is 32.2. The fourth-order valence-electron chi connectivity index (χ4n) is 1.89. The van der Waals surface area contributed by atoms with Crippen molar-refractivity contribution in [1.82, 2.24) is 5.32 Å². The van der Waals surface area contributed by atoms with E-state index in [4.69, 9.17) is 9.29 Å². The van der Waals surface area contributed by atoms with Gasteiger partial charge in [0.15, 0.2) is 0 Å². The Morgan fingerprint density at radius 2 is 1.92 bits per heavy atom. The molecule has 1 amide bonds. The molecule has 0 aliphatic carbocycles. The number of hydrogen-bond donors (Lipinski definition) is 2. The summed E-state index contributed by atoms with van der Waals surface area (Å²) in [5, 5.41) is 5.36. The lowest BCUT2D eigenvalue weighted by Gasteiger charge is -2.28. The molecular weight excluding hydrogens is 338 g/mol. The van der Waals surface area contributed by atoms with Crippen LogP contribution in [0.5, 0.6) is 0 Å². The molecule has 0 rings (SSSR count).